The van der Waals surface area contributed by atoms with Crippen molar-refractivity contribution in [3.8, 4) is 0 Å². The first-order valence-electron chi connectivity index (χ1n) is 11.1. The van der Waals surface area contributed by atoms with Gasteiger partial charge in [0.05, 0.1) is 12.2 Å². The molecular weight excluding hydrogens is 346 g/mol. The van der Waals surface area contributed by atoms with E-state index in [0.717, 1.165) is 31.4 Å². The molecule has 1 fully saturated rings. The number of allylic oxidation sites excluding steroid dienone is 2. The summed E-state index contributed by atoms with van der Waals surface area (Å²) >= 11 is 0. The number of aliphatic hydroxyl groups is 2. The summed E-state index contributed by atoms with van der Waals surface area (Å²) in [5.41, 5.74) is 9.51. The quantitative estimate of drug-likeness (QED) is 0.417. The maximum atomic E-state index is 10.5. The number of hydrogen-bond acceptors (Lipinski definition) is 3. The van der Waals surface area contributed by atoms with Crippen LogP contribution in [0.15, 0.2) is 48.1 Å². The zero-order chi connectivity index (χ0) is 19.9. The van der Waals surface area contributed by atoms with Crippen molar-refractivity contribution in [2.75, 3.05) is 6.54 Å². The van der Waals surface area contributed by atoms with Crippen LogP contribution < -0.4 is 5.73 Å². The third kappa shape index (κ3) is 5.79. The smallest absolute Gasteiger partial charge is 0.0761 e. The van der Waals surface area contributed by atoms with Crippen LogP contribution in [0.5, 0.6) is 0 Å². The fraction of sp³-hybridized carbons (Fsp3) is 0.600. The summed E-state index contributed by atoms with van der Waals surface area (Å²) < 4.78 is 0. The Kier molecular flexibility index (Phi) is 7.90. The molecule has 0 bridgehead atoms. The van der Waals surface area contributed by atoms with E-state index in [1.807, 2.05) is 12.1 Å². The van der Waals surface area contributed by atoms with Gasteiger partial charge in [0, 0.05) is 12.3 Å². The van der Waals surface area contributed by atoms with Gasteiger partial charge in [-0.2, -0.15) is 0 Å². The normalized spacial score (nSPS) is 27.9. The van der Waals surface area contributed by atoms with Crippen LogP contribution in [0.4, 0.5) is 0 Å². The first-order chi connectivity index (χ1) is 13.6. The van der Waals surface area contributed by atoms with Crippen molar-refractivity contribution in [1.29, 1.82) is 0 Å². The number of nitrogens with two attached hydrogens (primary N) is 1. The highest BCUT2D eigenvalue weighted by Gasteiger charge is 2.43. The summed E-state index contributed by atoms with van der Waals surface area (Å²) in [7, 11) is 0. The molecule has 0 radical (unpaired) electrons. The molecule has 0 aromatic heterocycles. The van der Waals surface area contributed by atoms with Crippen molar-refractivity contribution in [1.82, 2.24) is 0 Å². The van der Waals surface area contributed by atoms with E-state index in [1.165, 1.54) is 31.2 Å². The van der Waals surface area contributed by atoms with Gasteiger partial charge in [-0.1, -0.05) is 66.5 Å². The molecule has 0 heterocycles. The summed E-state index contributed by atoms with van der Waals surface area (Å²) in [4.78, 5) is 0. The van der Waals surface area contributed by atoms with Gasteiger partial charge in [0.2, 0.25) is 0 Å². The Hall–Kier alpha value is -1.42. The first-order valence-corrected chi connectivity index (χ1v) is 11.1. The highest BCUT2D eigenvalue weighted by atomic mass is 16.3. The van der Waals surface area contributed by atoms with Crippen molar-refractivity contribution in [2.24, 2.45) is 23.5 Å². The molecule has 1 aromatic carbocycles. The molecule has 154 valence electrons. The van der Waals surface area contributed by atoms with Crippen LogP contribution in [0.2, 0.25) is 0 Å². The van der Waals surface area contributed by atoms with Crippen LogP contribution in [-0.2, 0) is 6.42 Å². The Morgan fingerprint density at radius 1 is 1.21 bits per heavy atom. The molecule has 2 aliphatic rings. The van der Waals surface area contributed by atoms with Gasteiger partial charge < -0.3 is 15.9 Å². The largest absolute Gasteiger partial charge is 0.392 e. The highest BCUT2D eigenvalue weighted by Crippen LogP contribution is 2.48. The Balaban J connectivity index is 1.49. The third-order valence-corrected chi connectivity index (χ3v) is 6.48. The molecular formula is C25H37NO2. The molecule has 1 saturated carbocycles. The van der Waals surface area contributed by atoms with Gasteiger partial charge in [0.15, 0.2) is 0 Å². The monoisotopic (exact) mass is 383 g/mol. The van der Waals surface area contributed by atoms with E-state index >= 15 is 0 Å². The van der Waals surface area contributed by atoms with Gasteiger partial charge >= 0.3 is 0 Å². The maximum absolute atomic E-state index is 10.5. The van der Waals surface area contributed by atoms with Crippen molar-refractivity contribution in [3.63, 3.8) is 0 Å². The van der Waals surface area contributed by atoms with E-state index < -0.39 is 6.10 Å². The molecule has 28 heavy (non-hydrogen) atoms. The number of rotatable bonds is 10. The molecule has 5 atom stereocenters. The molecule has 0 saturated heterocycles. The maximum Gasteiger partial charge on any atom is 0.0761 e. The van der Waals surface area contributed by atoms with Crippen LogP contribution in [0.1, 0.15) is 56.1 Å². The van der Waals surface area contributed by atoms with Crippen LogP contribution >= 0.6 is 0 Å². The standard InChI is InChI=1S/C25H37NO2/c1-18-7-6-9-19(13-18)15-22(27)10-11-23-24-16-20(8-4-2-3-5-12-26)14-21(24)17-25(23)28/h6-7,9-11,13-14,21-25,27-28H,2-5,8,12,15-17,26H2,1H3/b11-10+/t21-,22-,23+,24-,25+/m0/s1. The summed E-state index contributed by atoms with van der Waals surface area (Å²) in [6.45, 7) is 2.87. The minimum Gasteiger partial charge on any atom is -0.392 e. The van der Waals surface area contributed by atoms with Crippen molar-refractivity contribution >= 4 is 0 Å². The average Bonchev–Trinajstić information content (AvgIpc) is 3.16. The molecule has 2 aliphatic carbocycles. The fourth-order valence-corrected chi connectivity index (χ4v) is 5.05. The zero-order valence-electron chi connectivity index (χ0n) is 17.3. The van der Waals surface area contributed by atoms with E-state index in [2.05, 4.69) is 37.3 Å². The lowest BCUT2D eigenvalue weighted by atomic mass is 9.88. The van der Waals surface area contributed by atoms with Crippen LogP contribution in [0.25, 0.3) is 0 Å². The molecule has 3 nitrogen and oxygen atoms in total. The number of fused-ring (bicyclic) bond motifs is 1. The van der Waals surface area contributed by atoms with E-state index in [-0.39, 0.29) is 12.0 Å². The SMILES string of the molecule is Cc1cccc(C[C@@H](O)/C=C/[C@@H]2[C@H]3CC(CCCCCCN)=C[C@H]3C[C@H]2O)c1. The molecule has 3 rings (SSSR count). The third-order valence-electron chi connectivity index (χ3n) is 6.48. The van der Waals surface area contributed by atoms with E-state index in [4.69, 9.17) is 5.73 Å². The predicted octanol–water partition coefficient (Wildman–Crippen LogP) is 4.31. The fourth-order valence-electron chi connectivity index (χ4n) is 5.05. The van der Waals surface area contributed by atoms with Crippen molar-refractivity contribution in [3.05, 3.63) is 59.2 Å². The highest BCUT2D eigenvalue weighted by molar-refractivity contribution is 5.24. The second kappa shape index (κ2) is 10.4. The van der Waals surface area contributed by atoms with Gasteiger partial charge in [-0.15, -0.1) is 0 Å². The average molecular weight is 384 g/mol. The second-order valence-electron chi connectivity index (χ2n) is 8.84. The molecule has 0 spiro atoms. The minimum atomic E-state index is -0.496. The summed E-state index contributed by atoms with van der Waals surface area (Å²) in [6.07, 6.45) is 14.3. The van der Waals surface area contributed by atoms with E-state index in [0.29, 0.717) is 18.3 Å². The lowest BCUT2D eigenvalue weighted by Gasteiger charge is -2.19. The molecule has 4 N–H and O–H groups in total. The number of aliphatic hydroxyl groups excluding tert-OH is 2. The number of benzene rings is 1. The van der Waals surface area contributed by atoms with Gasteiger partial charge in [-0.05, 0) is 63.0 Å². The van der Waals surface area contributed by atoms with Crippen LogP contribution in [0.3, 0.4) is 0 Å². The molecule has 1 aromatic rings. The Bertz CT molecular complexity index is 681. The van der Waals surface area contributed by atoms with E-state index in [1.54, 1.807) is 5.57 Å². The summed E-state index contributed by atoms with van der Waals surface area (Å²) in [5, 5.41) is 20.9. The Morgan fingerprint density at radius 3 is 2.82 bits per heavy atom. The lowest BCUT2D eigenvalue weighted by Crippen LogP contribution is -2.18. The van der Waals surface area contributed by atoms with Gasteiger partial charge in [-0.3, -0.25) is 0 Å². The van der Waals surface area contributed by atoms with Crippen LogP contribution in [-0.4, -0.2) is 29.0 Å². The Labute approximate surface area is 170 Å². The molecule has 3 heteroatoms. The summed E-state index contributed by atoms with van der Waals surface area (Å²) in [5.74, 6) is 1.19. The van der Waals surface area contributed by atoms with Gasteiger partial charge in [-0.25, -0.2) is 0 Å². The zero-order valence-corrected chi connectivity index (χ0v) is 17.3. The minimum absolute atomic E-state index is 0.170. The molecule has 0 amide bonds. The van der Waals surface area contributed by atoms with Crippen LogP contribution in [0, 0.1) is 24.7 Å². The Morgan fingerprint density at radius 2 is 2.04 bits per heavy atom. The lowest BCUT2D eigenvalue weighted by molar-refractivity contribution is 0.140. The van der Waals surface area contributed by atoms with Crippen molar-refractivity contribution in [2.45, 2.75) is 70.5 Å². The summed E-state index contributed by atoms with van der Waals surface area (Å²) in [6, 6.07) is 8.29. The van der Waals surface area contributed by atoms with Gasteiger partial charge in [0.1, 0.15) is 0 Å². The molecule has 0 unspecified atom stereocenters. The number of aryl methyl sites for hydroxylation is 1. The molecule has 0 aliphatic heterocycles. The predicted molar refractivity (Wildman–Crippen MR) is 116 cm³/mol. The number of unbranched alkanes of at least 4 members (excludes halogenated alkanes) is 3. The topological polar surface area (TPSA) is 66.5 Å². The first kappa shape index (κ1) is 21.3. The van der Waals surface area contributed by atoms with Gasteiger partial charge in [0.25, 0.3) is 0 Å². The second-order valence-corrected chi connectivity index (χ2v) is 8.84. The van der Waals surface area contributed by atoms with E-state index in [9.17, 15) is 10.2 Å². The number of hydrogen-bond donors (Lipinski definition) is 3. The van der Waals surface area contributed by atoms with Crippen molar-refractivity contribution < 1.29 is 10.2 Å².